The zero-order valence-corrected chi connectivity index (χ0v) is 11.1. The van der Waals surface area contributed by atoms with Crippen LogP contribution in [0.2, 0.25) is 0 Å². The van der Waals surface area contributed by atoms with Gasteiger partial charge in [-0.05, 0) is 31.5 Å². The Hall–Kier alpha value is -1.33. The fourth-order valence-electron chi connectivity index (χ4n) is 1.49. The van der Waals surface area contributed by atoms with Crippen LogP contribution in [0.15, 0.2) is 18.2 Å². The van der Waals surface area contributed by atoms with Gasteiger partial charge in [-0.3, -0.25) is 4.79 Å². The number of ketones is 1. The SMILES string of the molecule is CCCOCCOC(C)C(=O)c1ccc(F)c(F)c1. The van der Waals surface area contributed by atoms with Gasteiger partial charge in [0, 0.05) is 12.2 Å². The first-order chi connectivity index (χ1) is 9.06. The third-order valence-corrected chi connectivity index (χ3v) is 2.52. The lowest BCUT2D eigenvalue weighted by molar-refractivity contribution is 0.0150. The molecule has 106 valence electrons. The maximum Gasteiger partial charge on any atom is 0.191 e. The first-order valence-corrected chi connectivity index (χ1v) is 6.24. The number of Topliss-reactive ketones (excluding diaryl/α,β-unsaturated/α-hetero) is 1. The molecule has 0 spiro atoms. The zero-order chi connectivity index (χ0) is 14.3. The van der Waals surface area contributed by atoms with Gasteiger partial charge >= 0.3 is 0 Å². The summed E-state index contributed by atoms with van der Waals surface area (Å²) in [4.78, 5) is 11.9. The van der Waals surface area contributed by atoms with Crippen molar-refractivity contribution in [1.29, 1.82) is 0 Å². The minimum atomic E-state index is -1.04. The molecule has 1 atom stereocenters. The van der Waals surface area contributed by atoms with Crippen molar-refractivity contribution in [2.75, 3.05) is 19.8 Å². The molecule has 0 aliphatic carbocycles. The summed E-state index contributed by atoms with van der Waals surface area (Å²) >= 11 is 0. The Balaban J connectivity index is 2.45. The van der Waals surface area contributed by atoms with Crippen molar-refractivity contribution in [3.63, 3.8) is 0 Å². The van der Waals surface area contributed by atoms with E-state index in [4.69, 9.17) is 9.47 Å². The minimum Gasteiger partial charge on any atom is -0.379 e. The first-order valence-electron chi connectivity index (χ1n) is 6.24. The molecular weight excluding hydrogens is 254 g/mol. The minimum absolute atomic E-state index is 0.0980. The summed E-state index contributed by atoms with van der Waals surface area (Å²) in [6, 6.07) is 3.05. The van der Waals surface area contributed by atoms with Crippen molar-refractivity contribution in [3.05, 3.63) is 35.4 Å². The first kappa shape index (κ1) is 15.7. The summed E-state index contributed by atoms with van der Waals surface area (Å²) in [5.74, 6) is -2.39. The van der Waals surface area contributed by atoms with Gasteiger partial charge in [0.15, 0.2) is 17.4 Å². The summed E-state index contributed by atoms with van der Waals surface area (Å²) in [6.45, 7) is 4.91. The predicted molar refractivity (Wildman–Crippen MR) is 67.2 cm³/mol. The largest absolute Gasteiger partial charge is 0.379 e. The number of hydrogen-bond acceptors (Lipinski definition) is 3. The van der Waals surface area contributed by atoms with E-state index in [2.05, 4.69) is 0 Å². The number of benzene rings is 1. The van der Waals surface area contributed by atoms with Gasteiger partial charge in [0.05, 0.1) is 13.2 Å². The summed E-state index contributed by atoms with van der Waals surface area (Å²) in [6.07, 6.45) is 0.207. The number of rotatable bonds is 8. The smallest absolute Gasteiger partial charge is 0.191 e. The van der Waals surface area contributed by atoms with E-state index >= 15 is 0 Å². The molecule has 1 aromatic carbocycles. The van der Waals surface area contributed by atoms with Gasteiger partial charge in [0.1, 0.15) is 6.10 Å². The van der Waals surface area contributed by atoms with E-state index in [1.54, 1.807) is 6.92 Å². The Bertz CT molecular complexity index is 421. The van der Waals surface area contributed by atoms with Gasteiger partial charge in [-0.25, -0.2) is 8.78 Å². The van der Waals surface area contributed by atoms with Crippen molar-refractivity contribution in [3.8, 4) is 0 Å². The number of halogens is 2. The molecule has 3 nitrogen and oxygen atoms in total. The second-order valence-corrected chi connectivity index (χ2v) is 4.12. The quantitative estimate of drug-likeness (QED) is 0.539. The molecule has 0 saturated heterocycles. The van der Waals surface area contributed by atoms with Crippen LogP contribution in [0.4, 0.5) is 8.78 Å². The van der Waals surface area contributed by atoms with Gasteiger partial charge in [-0.2, -0.15) is 0 Å². The number of carbonyl (C=O) groups is 1. The normalized spacial score (nSPS) is 12.4. The van der Waals surface area contributed by atoms with Crippen molar-refractivity contribution >= 4 is 5.78 Å². The Kier molecular flexibility index (Phi) is 6.59. The van der Waals surface area contributed by atoms with Gasteiger partial charge in [-0.15, -0.1) is 0 Å². The molecule has 0 radical (unpaired) electrons. The fraction of sp³-hybridized carbons (Fsp3) is 0.500. The van der Waals surface area contributed by atoms with Gasteiger partial charge < -0.3 is 9.47 Å². The highest BCUT2D eigenvalue weighted by atomic mass is 19.2. The highest BCUT2D eigenvalue weighted by Gasteiger charge is 2.17. The van der Waals surface area contributed by atoms with E-state index in [0.29, 0.717) is 13.2 Å². The fourth-order valence-corrected chi connectivity index (χ4v) is 1.49. The third kappa shape index (κ3) is 5.04. The summed E-state index contributed by atoms with van der Waals surface area (Å²) in [5, 5.41) is 0. The van der Waals surface area contributed by atoms with E-state index in [1.165, 1.54) is 6.07 Å². The van der Waals surface area contributed by atoms with Crippen LogP contribution >= 0.6 is 0 Å². The molecule has 0 saturated carbocycles. The maximum atomic E-state index is 13.0. The van der Waals surface area contributed by atoms with Crippen LogP contribution in [0.1, 0.15) is 30.6 Å². The standard InChI is InChI=1S/C14H18F2O3/c1-3-6-18-7-8-19-10(2)14(17)11-4-5-12(15)13(16)9-11/h4-5,9-10H,3,6-8H2,1-2H3. The molecule has 0 bridgehead atoms. The lowest BCUT2D eigenvalue weighted by atomic mass is 10.1. The molecule has 0 heterocycles. The number of carbonyl (C=O) groups excluding carboxylic acids is 1. The molecular formula is C14H18F2O3. The van der Waals surface area contributed by atoms with Crippen LogP contribution in [0.25, 0.3) is 0 Å². The van der Waals surface area contributed by atoms with Crippen LogP contribution in [0, 0.1) is 11.6 Å². The monoisotopic (exact) mass is 272 g/mol. The van der Waals surface area contributed by atoms with Crippen LogP contribution in [0.5, 0.6) is 0 Å². The second-order valence-electron chi connectivity index (χ2n) is 4.12. The van der Waals surface area contributed by atoms with Crippen LogP contribution in [0.3, 0.4) is 0 Å². The Morgan fingerprint density at radius 3 is 2.58 bits per heavy atom. The van der Waals surface area contributed by atoms with E-state index in [9.17, 15) is 13.6 Å². The van der Waals surface area contributed by atoms with Gasteiger partial charge in [-0.1, -0.05) is 6.92 Å². The summed E-state index contributed by atoms with van der Waals surface area (Å²) in [5.41, 5.74) is 0.0980. The van der Waals surface area contributed by atoms with Gasteiger partial charge in [0.25, 0.3) is 0 Å². The lowest BCUT2D eigenvalue weighted by Gasteiger charge is -2.12. The summed E-state index contributed by atoms with van der Waals surface area (Å²) in [7, 11) is 0. The maximum absolute atomic E-state index is 13.0. The second kappa shape index (κ2) is 7.96. The highest BCUT2D eigenvalue weighted by Crippen LogP contribution is 2.11. The third-order valence-electron chi connectivity index (χ3n) is 2.52. The molecule has 0 aliphatic rings. The molecule has 0 fully saturated rings. The number of ether oxygens (including phenoxy) is 2. The van der Waals surface area contributed by atoms with E-state index in [0.717, 1.165) is 18.6 Å². The molecule has 19 heavy (non-hydrogen) atoms. The molecule has 1 unspecified atom stereocenters. The predicted octanol–water partition coefficient (Wildman–Crippen LogP) is 2.98. The molecule has 1 aromatic rings. The van der Waals surface area contributed by atoms with Crippen LogP contribution in [-0.2, 0) is 9.47 Å². The Morgan fingerprint density at radius 2 is 1.95 bits per heavy atom. The van der Waals surface area contributed by atoms with Crippen molar-refractivity contribution < 1.29 is 23.0 Å². The van der Waals surface area contributed by atoms with Crippen molar-refractivity contribution in [2.24, 2.45) is 0 Å². The Labute approximate surface area is 111 Å². The summed E-state index contributed by atoms with van der Waals surface area (Å²) < 4.78 is 36.2. The van der Waals surface area contributed by atoms with E-state index < -0.39 is 17.7 Å². The van der Waals surface area contributed by atoms with Crippen molar-refractivity contribution in [1.82, 2.24) is 0 Å². The molecule has 5 heteroatoms. The molecule has 0 aromatic heterocycles. The highest BCUT2D eigenvalue weighted by molar-refractivity contribution is 5.99. The average molecular weight is 272 g/mol. The topological polar surface area (TPSA) is 35.5 Å². The van der Waals surface area contributed by atoms with Crippen LogP contribution in [-0.4, -0.2) is 31.7 Å². The molecule has 0 aliphatic heterocycles. The lowest BCUT2D eigenvalue weighted by Crippen LogP contribution is -2.23. The van der Waals surface area contributed by atoms with E-state index in [-0.39, 0.29) is 18.0 Å². The number of hydrogen-bond donors (Lipinski definition) is 0. The molecule has 1 rings (SSSR count). The Morgan fingerprint density at radius 1 is 1.21 bits per heavy atom. The zero-order valence-electron chi connectivity index (χ0n) is 11.1. The van der Waals surface area contributed by atoms with Crippen LogP contribution < -0.4 is 0 Å². The molecule has 0 amide bonds. The van der Waals surface area contributed by atoms with Gasteiger partial charge in [0.2, 0.25) is 0 Å². The van der Waals surface area contributed by atoms with Crippen molar-refractivity contribution in [2.45, 2.75) is 26.4 Å². The average Bonchev–Trinajstić information content (AvgIpc) is 2.40. The molecule has 0 N–H and O–H groups in total. The van der Waals surface area contributed by atoms with E-state index in [1.807, 2.05) is 6.92 Å².